The zero-order valence-electron chi connectivity index (χ0n) is 17.9. The maximum absolute atomic E-state index is 11.4. The molecule has 0 amide bonds. The standard InChI is InChI=1S/C18H19NO4S2.C4H4O4/c1-11(20)22-16-8-13-5-6-19-15(10-25-18-4-3-7-24-18)14(13)9-17(16)23-12(2)21;5-3(6)1-2-4(7)8/h3-4,7-9,15,19H,5-6,10H2,1-2H3;1-2H,(H,5,6)(H,7,8). The minimum Gasteiger partial charge on any atom is -0.478 e. The van der Waals surface area contributed by atoms with Crippen LogP contribution in [0.15, 0.2) is 46.0 Å². The van der Waals surface area contributed by atoms with Gasteiger partial charge in [-0.15, -0.1) is 23.1 Å². The zero-order chi connectivity index (χ0) is 24.4. The van der Waals surface area contributed by atoms with Gasteiger partial charge in [-0.25, -0.2) is 9.59 Å². The molecule has 0 aliphatic carbocycles. The Labute approximate surface area is 198 Å². The predicted octanol–water partition coefficient (Wildman–Crippen LogP) is 3.29. The van der Waals surface area contributed by atoms with E-state index in [1.807, 2.05) is 18.2 Å². The Morgan fingerprint density at radius 3 is 2.21 bits per heavy atom. The van der Waals surface area contributed by atoms with E-state index in [-0.39, 0.29) is 11.8 Å². The molecule has 1 unspecified atom stereocenters. The Morgan fingerprint density at radius 2 is 1.70 bits per heavy atom. The highest BCUT2D eigenvalue weighted by atomic mass is 32.2. The van der Waals surface area contributed by atoms with Crippen LogP contribution in [0.2, 0.25) is 0 Å². The first kappa shape index (κ1) is 26.1. The number of fused-ring (bicyclic) bond motifs is 1. The highest BCUT2D eigenvalue weighted by Gasteiger charge is 2.24. The van der Waals surface area contributed by atoms with Crippen LogP contribution in [0, 0.1) is 0 Å². The summed E-state index contributed by atoms with van der Waals surface area (Å²) in [5.74, 6) is -1.93. The van der Waals surface area contributed by atoms with E-state index in [1.54, 1.807) is 23.1 Å². The molecule has 0 fully saturated rings. The second kappa shape index (κ2) is 12.8. The fourth-order valence-corrected chi connectivity index (χ4v) is 4.82. The van der Waals surface area contributed by atoms with Gasteiger partial charge in [0.25, 0.3) is 0 Å². The molecule has 0 saturated heterocycles. The molecule has 2 heterocycles. The van der Waals surface area contributed by atoms with Crippen molar-refractivity contribution in [3.8, 4) is 11.5 Å². The van der Waals surface area contributed by atoms with E-state index in [0.29, 0.717) is 17.9 Å². The number of benzene rings is 1. The molecule has 33 heavy (non-hydrogen) atoms. The Balaban J connectivity index is 0.000000414. The molecule has 2 aromatic rings. The fourth-order valence-electron chi connectivity index (χ4n) is 2.92. The largest absolute Gasteiger partial charge is 0.478 e. The molecule has 0 saturated carbocycles. The lowest BCUT2D eigenvalue weighted by molar-refractivity contribution is -0.134. The van der Waals surface area contributed by atoms with Crippen LogP contribution in [0.4, 0.5) is 0 Å². The van der Waals surface area contributed by atoms with Crippen LogP contribution >= 0.6 is 23.1 Å². The van der Waals surface area contributed by atoms with Crippen LogP contribution in [-0.2, 0) is 25.6 Å². The van der Waals surface area contributed by atoms with Gasteiger partial charge in [0.2, 0.25) is 0 Å². The number of hydrogen-bond acceptors (Lipinski definition) is 9. The van der Waals surface area contributed by atoms with Gasteiger partial charge < -0.3 is 25.0 Å². The lowest BCUT2D eigenvalue weighted by atomic mass is 9.94. The van der Waals surface area contributed by atoms with Crippen molar-refractivity contribution >= 4 is 47.0 Å². The summed E-state index contributed by atoms with van der Waals surface area (Å²) in [6.07, 6.45) is 1.95. The van der Waals surface area contributed by atoms with Crippen molar-refractivity contribution in [1.29, 1.82) is 0 Å². The van der Waals surface area contributed by atoms with E-state index in [1.165, 1.54) is 18.1 Å². The SMILES string of the molecule is CC(=O)Oc1cc2c(cc1OC(C)=O)C(CSc1cccs1)NCC2.O=C(O)C=CC(=O)O. The normalized spacial score (nSPS) is 14.5. The Morgan fingerprint density at radius 1 is 1.09 bits per heavy atom. The van der Waals surface area contributed by atoms with Gasteiger partial charge in [0.05, 0.1) is 4.21 Å². The quantitative estimate of drug-likeness (QED) is 0.228. The summed E-state index contributed by atoms with van der Waals surface area (Å²) < 4.78 is 11.8. The van der Waals surface area contributed by atoms with Crippen molar-refractivity contribution in [2.75, 3.05) is 12.3 Å². The minimum atomic E-state index is -1.26. The van der Waals surface area contributed by atoms with Crippen LogP contribution in [0.5, 0.6) is 11.5 Å². The van der Waals surface area contributed by atoms with E-state index < -0.39 is 23.9 Å². The van der Waals surface area contributed by atoms with E-state index in [0.717, 1.165) is 29.8 Å². The number of hydrogen-bond donors (Lipinski definition) is 3. The number of thiophene rings is 1. The van der Waals surface area contributed by atoms with Crippen LogP contribution in [0.3, 0.4) is 0 Å². The first-order valence-corrected chi connectivity index (χ1v) is 11.6. The van der Waals surface area contributed by atoms with Gasteiger partial charge in [-0.3, -0.25) is 9.59 Å². The average Bonchev–Trinajstić information content (AvgIpc) is 3.24. The van der Waals surface area contributed by atoms with Crippen molar-refractivity contribution in [2.45, 2.75) is 30.5 Å². The molecule has 3 N–H and O–H groups in total. The van der Waals surface area contributed by atoms with Crippen molar-refractivity contribution < 1.29 is 38.9 Å². The number of thioether (sulfide) groups is 1. The molecule has 1 atom stereocenters. The summed E-state index contributed by atoms with van der Waals surface area (Å²) in [5.41, 5.74) is 2.20. The topological polar surface area (TPSA) is 139 Å². The number of carbonyl (C=O) groups is 4. The summed E-state index contributed by atoms with van der Waals surface area (Å²) in [5, 5.41) is 21.2. The number of rotatable bonds is 7. The summed E-state index contributed by atoms with van der Waals surface area (Å²) in [6, 6.07) is 7.93. The van der Waals surface area contributed by atoms with E-state index in [4.69, 9.17) is 19.7 Å². The zero-order valence-corrected chi connectivity index (χ0v) is 19.5. The first-order valence-electron chi connectivity index (χ1n) is 9.73. The number of aliphatic carboxylic acids is 2. The van der Waals surface area contributed by atoms with E-state index in [2.05, 4.69) is 16.8 Å². The lowest BCUT2D eigenvalue weighted by Gasteiger charge is -2.27. The molecule has 0 radical (unpaired) electrons. The number of nitrogens with one attached hydrogen (secondary N) is 1. The average molecular weight is 494 g/mol. The number of ether oxygens (including phenoxy) is 2. The van der Waals surface area contributed by atoms with Gasteiger partial charge in [-0.2, -0.15) is 0 Å². The predicted molar refractivity (Wildman–Crippen MR) is 123 cm³/mol. The van der Waals surface area contributed by atoms with E-state index in [9.17, 15) is 19.2 Å². The molecule has 1 aromatic heterocycles. The van der Waals surface area contributed by atoms with Crippen molar-refractivity contribution in [3.63, 3.8) is 0 Å². The van der Waals surface area contributed by atoms with Gasteiger partial charge >= 0.3 is 23.9 Å². The summed E-state index contributed by atoms with van der Waals surface area (Å²) in [7, 11) is 0. The second-order valence-corrected chi connectivity index (χ2v) is 8.96. The second-order valence-electron chi connectivity index (χ2n) is 6.69. The summed E-state index contributed by atoms with van der Waals surface area (Å²) >= 11 is 3.52. The molecule has 0 spiro atoms. The molecular formula is C22H23NO8S2. The van der Waals surface area contributed by atoms with Crippen LogP contribution in [0.1, 0.15) is 31.0 Å². The molecule has 1 aliphatic rings. The third kappa shape index (κ3) is 9.08. The smallest absolute Gasteiger partial charge is 0.328 e. The Kier molecular flexibility index (Phi) is 10.1. The maximum atomic E-state index is 11.4. The molecule has 11 heteroatoms. The monoisotopic (exact) mass is 493 g/mol. The van der Waals surface area contributed by atoms with Crippen molar-refractivity contribution in [1.82, 2.24) is 5.32 Å². The molecule has 1 aromatic carbocycles. The van der Waals surface area contributed by atoms with Crippen molar-refractivity contribution in [3.05, 3.63) is 52.9 Å². The highest BCUT2D eigenvalue weighted by molar-refractivity contribution is 8.01. The number of carboxylic acids is 2. The van der Waals surface area contributed by atoms with Gasteiger partial charge in [-0.05, 0) is 47.7 Å². The van der Waals surface area contributed by atoms with Gasteiger partial charge in [0.15, 0.2) is 11.5 Å². The molecule has 1 aliphatic heterocycles. The van der Waals surface area contributed by atoms with Gasteiger partial charge in [-0.1, -0.05) is 6.07 Å². The first-order chi connectivity index (χ1) is 15.7. The highest BCUT2D eigenvalue weighted by Crippen LogP contribution is 2.38. The molecule has 3 rings (SSSR count). The Hall–Kier alpha value is -3.15. The third-order valence-electron chi connectivity index (χ3n) is 4.13. The number of carboxylic acid groups (broad SMARTS) is 2. The minimum absolute atomic E-state index is 0.150. The van der Waals surface area contributed by atoms with Crippen molar-refractivity contribution in [2.24, 2.45) is 0 Å². The van der Waals surface area contributed by atoms with Gasteiger partial charge in [0, 0.05) is 37.8 Å². The lowest BCUT2D eigenvalue weighted by Crippen LogP contribution is -2.31. The van der Waals surface area contributed by atoms with E-state index >= 15 is 0 Å². The van der Waals surface area contributed by atoms with Gasteiger partial charge in [0.1, 0.15) is 0 Å². The Bertz CT molecular complexity index is 1020. The third-order valence-corrected chi connectivity index (χ3v) is 6.35. The van der Waals surface area contributed by atoms with Crippen LogP contribution in [0.25, 0.3) is 0 Å². The van der Waals surface area contributed by atoms with Crippen LogP contribution in [-0.4, -0.2) is 46.4 Å². The molecule has 9 nitrogen and oxygen atoms in total. The fraction of sp³-hybridized carbons (Fsp3) is 0.273. The van der Waals surface area contributed by atoms with Crippen LogP contribution < -0.4 is 14.8 Å². The summed E-state index contributed by atoms with van der Waals surface area (Å²) in [4.78, 5) is 41.8. The number of esters is 2. The maximum Gasteiger partial charge on any atom is 0.328 e. The molecule has 176 valence electrons. The summed E-state index contributed by atoms with van der Waals surface area (Å²) in [6.45, 7) is 3.52. The molecule has 0 bridgehead atoms. The number of carbonyl (C=O) groups excluding carboxylic acids is 2. The molecular weight excluding hydrogens is 470 g/mol.